The molecule has 0 amide bonds. The minimum atomic E-state index is -0.861. The summed E-state index contributed by atoms with van der Waals surface area (Å²) in [4.78, 5) is 11.8. The van der Waals surface area contributed by atoms with E-state index in [0.717, 1.165) is 43.1 Å². The van der Waals surface area contributed by atoms with E-state index in [1.165, 1.54) is 11.1 Å². The minimum Gasteiger partial charge on any atom is -0.478 e. The van der Waals surface area contributed by atoms with Gasteiger partial charge in [0.2, 0.25) is 0 Å². The number of carboxylic acids is 1. The summed E-state index contributed by atoms with van der Waals surface area (Å²) < 4.78 is 7.44. The maximum atomic E-state index is 11.8. The Bertz CT molecular complexity index is 750. The molecule has 0 atom stereocenters. The molecule has 1 heterocycles. The van der Waals surface area contributed by atoms with Gasteiger partial charge in [-0.1, -0.05) is 29.8 Å². The van der Waals surface area contributed by atoms with Crippen LogP contribution in [0.25, 0.3) is 0 Å². The molecule has 2 N–H and O–H groups in total. The second-order valence-corrected chi connectivity index (χ2v) is 6.63. The molecule has 0 aliphatic carbocycles. The maximum Gasteiger partial charge on any atom is 0.337 e. The standard InChI is InChI=1S/C21H30N2O3/c1-5-26-11-7-10-22-13-19-16(3)23(17(4)20(19)21(24)25)14-18-9-6-8-15(2)12-18/h6,8-9,12,22H,5,7,10-11,13-14H2,1-4H3,(H,24,25). The number of aromatic carboxylic acids is 1. The Labute approximate surface area is 156 Å². The molecule has 0 unspecified atom stereocenters. The number of nitrogens with zero attached hydrogens (tertiary/aromatic N) is 1. The number of benzene rings is 1. The average molecular weight is 358 g/mol. The number of rotatable bonds is 10. The van der Waals surface area contributed by atoms with Crippen molar-refractivity contribution in [3.63, 3.8) is 0 Å². The molecule has 26 heavy (non-hydrogen) atoms. The van der Waals surface area contributed by atoms with Crippen LogP contribution in [0, 0.1) is 20.8 Å². The van der Waals surface area contributed by atoms with Crippen LogP contribution in [0.5, 0.6) is 0 Å². The fourth-order valence-electron chi connectivity index (χ4n) is 3.34. The predicted octanol–water partition coefficient (Wildman–Crippen LogP) is 3.68. The van der Waals surface area contributed by atoms with Crippen LogP contribution in [-0.4, -0.2) is 35.4 Å². The van der Waals surface area contributed by atoms with Crippen molar-refractivity contribution in [3.8, 4) is 0 Å². The van der Waals surface area contributed by atoms with E-state index < -0.39 is 5.97 Å². The van der Waals surface area contributed by atoms with Gasteiger partial charge in [-0.05, 0) is 46.2 Å². The van der Waals surface area contributed by atoms with Crippen molar-refractivity contribution in [2.24, 2.45) is 0 Å². The number of aromatic nitrogens is 1. The molecule has 2 rings (SSSR count). The molecule has 5 nitrogen and oxygen atoms in total. The van der Waals surface area contributed by atoms with E-state index in [1.807, 2.05) is 26.8 Å². The van der Waals surface area contributed by atoms with Crippen LogP contribution in [-0.2, 0) is 17.8 Å². The van der Waals surface area contributed by atoms with Crippen LogP contribution in [0.15, 0.2) is 24.3 Å². The monoisotopic (exact) mass is 358 g/mol. The fraction of sp³-hybridized carbons (Fsp3) is 0.476. The highest BCUT2D eigenvalue weighted by Gasteiger charge is 2.22. The number of carbonyl (C=O) groups is 1. The Morgan fingerprint density at radius 2 is 2.00 bits per heavy atom. The largest absolute Gasteiger partial charge is 0.478 e. The van der Waals surface area contributed by atoms with Gasteiger partial charge in [0.05, 0.1) is 5.56 Å². The third kappa shape index (κ3) is 4.96. The van der Waals surface area contributed by atoms with Gasteiger partial charge in [0.1, 0.15) is 0 Å². The Morgan fingerprint density at radius 3 is 2.65 bits per heavy atom. The summed E-state index contributed by atoms with van der Waals surface area (Å²) in [6, 6.07) is 8.33. The van der Waals surface area contributed by atoms with Crippen molar-refractivity contribution < 1.29 is 14.6 Å². The predicted molar refractivity (Wildman–Crippen MR) is 104 cm³/mol. The first-order valence-electron chi connectivity index (χ1n) is 9.21. The lowest BCUT2D eigenvalue weighted by Crippen LogP contribution is -2.18. The number of nitrogens with one attached hydrogen (secondary N) is 1. The fourth-order valence-corrected chi connectivity index (χ4v) is 3.34. The SMILES string of the molecule is CCOCCCNCc1c(C(=O)O)c(C)n(Cc2cccc(C)c2)c1C. The van der Waals surface area contributed by atoms with Crippen LogP contribution in [0.1, 0.15) is 51.8 Å². The average Bonchev–Trinajstić information content (AvgIpc) is 2.82. The van der Waals surface area contributed by atoms with Crippen molar-refractivity contribution in [3.05, 3.63) is 57.9 Å². The molecule has 0 radical (unpaired) electrons. The molecule has 1 aromatic heterocycles. The normalized spacial score (nSPS) is 11.1. The summed E-state index contributed by atoms with van der Waals surface area (Å²) >= 11 is 0. The second-order valence-electron chi connectivity index (χ2n) is 6.63. The molecule has 142 valence electrons. The minimum absolute atomic E-state index is 0.424. The van der Waals surface area contributed by atoms with Crippen LogP contribution in [0.2, 0.25) is 0 Å². The van der Waals surface area contributed by atoms with Crippen LogP contribution in [0.4, 0.5) is 0 Å². The highest BCUT2D eigenvalue weighted by Crippen LogP contribution is 2.24. The van der Waals surface area contributed by atoms with E-state index in [4.69, 9.17) is 4.74 Å². The van der Waals surface area contributed by atoms with Crippen molar-refractivity contribution in [2.45, 2.75) is 47.2 Å². The second kappa shape index (κ2) is 9.55. The Balaban J connectivity index is 2.18. The summed E-state index contributed by atoms with van der Waals surface area (Å²) in [5, 5.41) is 13.1. The van der Waals surface area contributed by atoms with Gasteiger partial charge in [0, 0.05) is 43.3 Å². The molecule has 0 saturated carbocycles. The molecular formula is C21H30N2O3. The third-order valence-electron chi connectivity index (χ3n) is 4.70. The van der Waals surface area contributed by atoms with Gasteiger partial charge < -0.3 is 19.7 Å². The first kappa shape index (κ1) is 20.2. The molecule has 0 aliphatic rings. The van der Waals surface area contributed by atoms with Crippen molar-refractivity contribution in [2.75, 3.05) is 19.8 Å². The van der Waals surface area contributed by atoms with E-state index >= 15 is 0 Å². The lowest BCUT2D eigenvalue weighted by atomic mass is 10.1. The van der Waals surface area contributed by atoms with Gasteiger partial charge in [-0.15, -0.1) is 0 Å². The summed E-state index contributed by atoms with van der Waals surface area (Å²) in [7, 11) is 0. The smallest absolute Gasteiger partial charge is 0.337 e. The highest BCUT2D eigenvalue weighted by atomic mass is 16.5. The lowest BCUT2D eigenvalue weighted by molar-refractivity contribution is 0.0694. The third-order valence-corrected chi connectivity index (χ3v) is 4.70. The number of carboxylic acid groups (broad SMARTS) is 1. The molecule has 2 aromatic rings. The molecule has 0 aliphatic heterocycles. The number of aryl methyl sites for hydroxylation is 1. The molecule has 0 bridgehead atoms. The van der Waals surface area contributed by atoms with Gasteiger partial charge >= 0.3 is 5.97 Å². The van der Waals surface area contributed by atoms with Gasteiger partial charge in [0.25, 0.3) is 0 Å². The molecule has 0 saturated heterocycles. The summed E-state index contributed by atoms with van der Waals surface area (Å²) in [6.45, 7) is 11.4. The zero-order valence-electron chi connectivity index (χ0n) is 16.3. The van der Waals surface area contributed by atoms with Gasteiger partial charge in [-0.3, -0.25) is 0 Å². The summed E-state index contributed by atoms with van der Waals surface area (Å²) in [5.41, 5.74) is 5.51. The summed E-state index contributed by atoms with van der Waals surface area (Å²) in [5.74, 6) is -0.861. The molecule has 0 fully saturated rings. The zero-order valence-corrected chi connectivity index (χ0v) is 16.3. The van der Waals surface area contributed by atoms with Gasteiger partial charge in [0.15, 0.2) is 0 Å². The van der Waals surface area contributed by atoms with Gasteiger partial charge in [-0.25, -0.2) is 4.79 Å². The van der Waals surface area contributed by atoms with Crippen molar-refractivity contribution in [1.29, 1.82) is 0 Å². The molecular weight excluding hydrogens is 328 g/mol. The van der Waals surface area contributed by atoms with Crippen molar-refractivity contribution in [1.82, 2.24) is 9.88 Å². The lowest BCUT2D eigenvalue weighted by Gasteiger charge is -2.11. The molecule has 0 spiro atoms. The number of ether oxygens (including phenoxy) is 1. The highest BCUT2D eigenvalue weighted by molar-refractivity contribution is 5.91. The quantitative estimate of drug-likeness (QED) is 0.636. The number of hydrogen-bond donors (Lipinski definition) is 2. The topological polar surface area (TPSA) is 63.5 Å². The van der Waals surface area contributed by atoms with Crippen LogP contribution in [0.3, 0.4) is 0 Å². The Hall–Kier alpha value is -2.11. The van der Waals surface area contributed by atoms with E-state index in [-0.39, 0.29) is 0 Å². The van der Waals surface area contributed by atoms with E-state index in [9.17, 15) is 9.90 Å². The Kier molecular flexibility index (Phi) is 7.42. The van der Waals surface area contributed by atoms with Crippen molar-refractivity contribution >= 4 is 5.97 Å². The first-order chi connectivity index (χ1) is 12.5. The molecule has 1 aromatic carbocycles. The van der Waals surface area contributed by atoms with E-state index in [0.29, 0.717) is 18.7 Å². The summed E-state index contributed by atoms with van der Waals surface area (Å²) in [6.07, 6.45) is 0.915. The first-order valence-corrected chi connectivity index (χ1v) is 9.21. The van der Waals surface area contributed by atoms with E-state index in [1.54, 1.807) is 0 Å². The molecule has 5 heteroatoms. The maximum absolute atomic E-state index is 11.8. The zero-order chi connectivity index (χ0) is 19.1. The number of hydrogen-bond acceptors (Lipinski definition) is 3. The van der Waals surface area contributed by atoms with Gasteiger partial charge in [-0.2, -0.15) is 0 Å². The van der Waals surface area contributed by atoms with Crippen LogP contribution >= 0.6 is 0 Å². The van der Waals surface area contributed by atoms with E-state index in [2.05, 4.69) is 35.0 Å². The Morgan fingerprint density at radius 1 is 1.23 bits per heavy atom. The van der Waals surface area contributed by atoms with Crippen LogP contribution < -0.4 is 5.32 Å².